The predicted octanol–water partition coefficient (Wildman–Crippen LogP) is 4.40. The Hall–Kier alpha value is -0.600. The molecule has 1 aromatic rings. The smallest absolute Gasteiger partial charge is 0.0171 e. The second-order valence-corrected chi connectivity index (χ2v) is 4.70. The topological polar surface area (TPSA) is 3.24 Å². The van der Waals surface area contributed by atoms with E-state index in [4.69, 9.17) is 0 Å². The van der Waals surface area contributed by atoms with Gasteiger partial charge in [0.25, 0.3) is 0 Å². The van der Waals surface area contributed by atoms with Crippen LogP contribution in [0.3, 0.4) is 0 Å². The minimum absolute atomic E-state index is 0. The zero-order chi connectivity index (χ0) is 12.0. The zero-order valence-corrected chi connectivity index (χ0v) is 13.0. The van der Waals surface area contributed by atoms with Crippen LogP contribution in [0.4, 0.5) is 0 Å². The van der Waals surface area contributed by atoms with Gasteiger partial charge in [0.05, 0.1) is 0 Å². The molecule has 96 valence electrons. The molecule has 0 radical (unpaired) electrons. The summed E-state index contributed by atoms with van der Waals surface area (Å²) < 4.78 is 0. The Morgan fingerprint density at radius 1 is 1.00 bits per heavy atom. The highest BCUT2D eigenvalue weighted by Gasteiger charge is 2.10. The summed E-state index contributed by atoms with van der Waals surface area (Å²) in [6.45, 7) is 10.0. The summed E-state index contributed by atoms with van der Waals surface area (Å²) in [7, 11) is 0. The molecule has 0 saturated carbocycles. The minimum atomic E-state index is 0. The molecule has 0 saturated heterocycles. The summed E-state index contributed by atoms with van der Waals surface area (Å²) >= 11 is 0. The Morgan fingerprint density at radius 2 is 1.53 bits per heavy atom. The van der Waals surface area contributed by atoms with Crippen molar-refractivity contribution < 1.29 is 0 Å². The first-order valence-electron chi connectivity index (χ1n) is 6.08. The van der Waals surface area contributed by atoms with Gasteiger partial charge in [0.15, 0.2) is 0 Å². The maximum Gasteiger partial charge on any atom is 0.0171 e. The Labute approximate surface area is 116 Å². The molecule has 1 rings (SSSR count). The summed E-state index contributed by atoms with van der Waals surface area (Å²) in [5, 5.41) is 0. The highest BCUT2D eigenvalue weighted by atomic mass is 79.9. The van der Waals surface area contributed by atoms with Crippen molar-refractivity contribution in [3.8, 4) is 0 Å². The molecule has 0 atom stereocenters. The first-order chi connectivity index (χ1) is 7.61. The maximum atomic E-state index is 2.47. The van der Waals surface area contributed by atoms with E-state index in [9.17, 15) is 0 Å². The van der Waals surface area contributed by atoms with E-state index in [0.29, 0.717) is 12.1 Å². The number of rotatable bonds is 5. The average molecular weight is 298 g/mol. The van der Waals surface area contributed by atoms with Crippen molar-refractivity contribution in [2.75, 3.05) is 6.54 Å². The molecular weight excluding hydrogens is 274 g/mol. The van der Waals surface area contributed by atoms with E-state index in [0.717, 1.165) is 6.54 Å². The molecule has 0 unspecified atom stereocenters. The van der Waals surface area contributed by atoms with Gasteiger partial charge in [-0.2, -0.15) is 0 Å². The highest BCUT2D eigenvalue weighted by molar-refractivity contribution is 8.93. The van der Waals surface area contributed by atoms with Crippen LogP contribution in [0.1, 0.15) is 33.3 Å². The van der Waals surface area contributed by atoms with Gasteiger partial charge in [-0.15, -0.1) is 17.0 Å². The SMILES string of the molecule is Br.CC(C)N(CC=Cc1ccccc1)C(C)C. The van der Waals surface area contributed by atoms with E-state index in [1.54, 1.807) is 0 Å². The molecule has 0 spiro atoms. The summed E-state index contributed by atoms with van der Waals surface area (Å²) in [4.78, 5) is 2.47. The van der Waals surface area contributed by atoms with E-state index < -0.39 is 0 Å². The van der Waals surface area contributed by atoms with Crippen molar-refractivity contribution in [3.63, 3.8) is 0 Å². The van der Waals surface area contributed by atoms with Crippen LogP contribution in [0.5, 0.6) is 0 Å². The molecule has 0 aromatic heterocycles. The van der Waals surface area contributed by atoms with Gasteiger partial charge in [0, 0.05) is 18.6 Å². The van der Waals surface area contributed by atoms with Crippen LogP contribution in [0.2, 0.25) is 0 Å². The van der Waals surface area contributed by atoms with Crippen molar-refractivity contribution in [1.82, 2.24) is 4.90 Å². The quantitative estimate of drug-likeness (QED) is 0.779. The van der Waals surface area contributed by atoms with Crippen LogP contribution in [-0.4, -0.2) is 23.5 Å². The van der Waals surface area contributed by atoms with Crippen molar-refractivity contribution in [1.29, 1.82) is 0 Å². The van der Waals surface area contributed by atoms with Crippen LogP contribution >= 0.6 is 17.0 Å². The molecule has 0 amide bonds. The monoisotopic (exact) mass is 297 g/mol. The summed E-state index contributed by atoms with van der Waals surface area (Å²) in [6.07, 6.45) is 4.44. The number of hydrogen-bond acceptors (Lipinski definition) is 1. The lowest BCUT2D eigenvalue weighted by molar-refractivity contribution is 0.196. The van der Waals surface area contributed by atoms with Crippen molar-refractivity contribution >= 4 is 23.1 Å². The third kappa shape index (κ3) is 6.04. The lowest BCUT2D eigenvalue weighted by atomic mass is 10.2. The first kappa shape index (κ1) is 16.4. The summed E-state index contributed by atoms with van der Waals surface area (Å²) in [5.74, 6) is 0. The lowest BCUT2D eigenvalue weighted by Gasteiger charge is -2.29. The average Bonchev–Trinajstić information content (AvgIpc) is 2.24. The summed E-state index contributed by atoms with van der Waals surface area (Å²) in [6, 6.07) is 11.6. The molecule has 0 N–H and O–H groups in total. The van der Waals surface area contributed by atoms with Crippen molar-refractivity contribution in [2.24, 2.45) is 0 Å². The van der Waals surface area contributed by atoms with Gasteiger partial charge in [0.1, 0.15) is 0 Å². The largest absolute Gasteiger partial charge is 0.295 e. The second-order valence-electron chi connectivity index (χ2n) is 4.70. The van der Waals surface area contributed by atoms with Crippen molar-refractivity contribution in [3.05, 3.63) is 42.0 Å². The third-order valence-electron chi connectivity index (χ3n) is 2.75. The maximum absolute atomic E-state index is 2.47. The van der Waals surface area contributed by atoms with Gasteiger partial charge >= 0.3 is 0 Å². The minimum Gasteiger partial charge on any atom is -0.295 e. The van der Waals surface area contributed by atoms with Crippen LogP contribution in [0, 0.1) is 0 Å². The molecule has 1 nitrogen and oxygen atoms in total. The van der Waals surface area contributed by atoms with Gasteiger partial charge in [-0.25, -0.2) is 0 Å². The number of nitrogens with zero attached hydrogens (tertiary/aromatic N) is 1. The first-order valence-corrected chi connectivity index (χ1v) is 6.08. The Morgan fingerprint density at radius 3 is 2.00 bits per heavy atom. The van der Waals surface area contributed by atoms with E-state index in [-0.39, 0.29) is 17.0 Å². The molecular formula is C15H24BrN. The van der Waals surface area contributed by atoms with Gasteiger partial charge < -0.3 is 0 Å². The van der Waals surface area contributed by atoms with Crippen molar-refractivity contribution in [2.45, 2.75) is 39.8 Å². The number of hydrogen-bond donors (Lipinski definition) is 0. The van der Waals surface area contributed by atoms with Gasteiger partial charge in [0.2, 0.25) is 0 Å². The molecule has 2 heteroatoms. The Kier molecular flexibility index (Phi) is 8.19. The van der Waals surface area contributed by atoms with Gasteiger partial charge in [-0.05, 0) is 33.3 Å². The third-order valence-corrected chi connectivity index (χ3v) is 2.75. The molecule has 0 aliphatic rings. The van der Waals surface area contributed by atoms with E-state index in [1.807, 2.05) is 6.07 Å². The number of benzene rings is 1. The lowest BCUT2D eigenvalue weighted by Crippen LogP contribution is -2.36. The van der Waals surface area contributed by atoms with E-state index in [2.05, 4.69) is 69.0 Å². The van der Waals surface area contributed by atoms with Crippen LogP contribution in [-0.2, 0) is 0 Å². The zero-order valence-electron chi connectivity index (χ0n) is 11.3. The summed E-state index contributed by atoms with van der Waals surface area (Å²) in [5.41, 5.74) is 1.27. The predicted molar refractivity (Wildman–Crippen MR) is 82.8 cm³/mol. The molecule has 0 bridgehead atoms. The molecule has 17 heavy (non-hydrogen) atoms. The Balaban J connectivity index is 0.00000256. The second kappa shape index (κ2) is 8.48. The fraction of sp³-hybridized carbons (Fsp3) is 0.467. The van der Waals surface area contributed by atoms with Crippen LogP contribution in [0.15, 0.2) is 36.4 Å². The molecule has 0 aliphatic heterocycles. The molecule has 1 aromatic carbocycles. The molecule has 0 heterocycles. The number of halogens is 1. The fourth-order valence-corrected chi connectivity index (χ4v) is 1.89. The normalized spacial score (nSPS) is 11.5. The highest BCUT2D eigenvalue weighted by Crippen LogP contribution is 2.06. The molecule has 0 aliphatic carbocycles. The fourth-order valence-electron chi connectivity index (χ4n) is 1.89. The van der Waals surface area contributed by atoms with E-state index >= 15 is 0 Å². The van der Waals surface area contributed by atoms with E-state index in [1.165, 1.54) is 5.56 Å². The van der Waals surface area contributed by atoms with Crippen LogP contribution < -0.4 is 0 Å². The van der Waals surface area contributed by atoms with Gasteiger partial charge in [-0.3, -0.25) is 4.90 Å². The van der Waals surface area contributed by atoms with Gasteiger partial charge in [-0.1, -0.05) is 42.5 Å². The molecule has 0 fully saturated rings. The Bertz CT molecular complexity index is 309. The standard InChI is InChI=1S/C15H23N.BrH/c1-13(2)16(14(3)4)12-8-11-15-9-6-5-7-10-15;/h5-11,13-14H,12H2,1-4H3;1H. The van der Waals surface area contributed by atoms with Crippen LogP contribution in [0.25, 0.3) is 6.08 Å².